The molecule has 0 radical (unpaired) electrons. The number of piperidine rings is 1. The smallest absolute Gasteiger partial charge is 0.0794 e. The summed E-state index contributed by atoms with van der Waals surface area (Å²) in [5, 5.41) is 0. The van der Waals surface area contributed by atoms with Gasteiger partial charge in [-0.2, -0.15) is 0 Å². The number of hydrogen-bond donors (Lipinski definition) is 1. The summed E-state index contributed by atoms with van der Waals surface area (Å²) in [5.74, 6) is 0.728. The maximum absolute atomic E-state index is 5.99. The third kappa shape index (κ3) is 2.53. The van der Waals surface area contributed by atoms with Gasteiger partial charge in [0.05, 0.1) is 5.51 Å². The molecule has 0 aliphatic carbocycles. The number of aromatic nitrogens is 1. The molecule has 2 N–H and O–H groups in total. The van der Waals surface area contributed by atoms with Crippen molar-refractivity contribution in [3.05, 3.63) is 16.6 Å². The van der Waals surface area contributed by atoms with Gasteiger partial charge >= 0.3 is 0 Å². The normalized spacial score (nSPS) is 29.3. The summed E-state index contributed by atoms with van der Waals surface area (Å²) in [6, 6.07) is 0.353. The maximum atomic E-state index is 5.99. The number of rotatable bonds is 2. The van der Waals surface area contributed by atoms with Crippen LogP contribution in [0.5, 0.6) is 0 Å². The van der Waals surface area contributed by atoms with Gasteiger partial charge in [-0.15, -0.1) is 11.3 Å². The summed E-state index contributed by atoms with van der Waals surface area (Å²) in [6.45, 7) is 5.50. The van der Waals surface area contributed by atoms with E-state index in [1.165, 1.54) is 17.8 Å². The molecular formula is C10H17N3S. The predicted octanol–water partition coefficient (Wildman–Crippen LogP) is 1.31. The Kier molecular flexibility index (Phi) is 3.15. The van der Waals surface area contributed by atoms with Crippen LogP contribution >= 0.6 is 11.3 Å². The first-order chi connectivity index (χ1) is 6.74. The molecule has 2 heterocycles. The lowest BCUT2D eigenvalue weighted by atomic mass is 9.97. The zero-order valence-corrected chi connectivity index (χ0v) is 9.33. The molecule has 0 spiro atoms. The molecule has 0 aromatic carbocycles. The topological polar surface area (TPSA) is 42.1 Å². The fourth-order valence-electron chi connectivity index (χ4n) is 2.18. The fraction of sp³-hybridized carbons (Fsp3) is 0.700. The van der Waals surface area contributed by atoms with Gasteiger partial charge in [0, 0.05) is 36.8 Å². The van der Waals surface area contributed by atoms with E-state index in [0.29, 0.717) is 6.04 Å². The van der Waals surface area contributed by atoms with Crippen molar-refractivity contribution in [3.63, 3.8) is 0 Å². The Morgan fingerprint density at radius 3 is 3.14 bits per heavy atom. The zero-order valence-electron chi connectivity index (χ0n) is 8.52. The quantitative estimate of drug-likeness (QED) is 0.802. The van der Waals surface area contributed by atoms with E-state index >= 15 is 0 Å². The second-order valence-corrected chi connectivity index (χ2v) is 5.23. The zero-order chi connectivity index (χ0) is 9.97. The summed E-state index contributed by atoms with van der Waals surface area (Å²) in [6.07, 6.45) is 3.12. The molecule has 1 aromatic rings. The highest BCUT2D eigenvalue weighted by molar-refractivity contribution is 7.09. The van der Waals surface area contributed by atoms with Gasteiger partial charge in [-0.05, 0) is 12.3 Å². The Bertz CT molecular complexity index is 263. The number of nitrogens with two attached hydrogens (primary N) is 1. The number of thiazole rings is 1. The van der Waals surface area contributed by atoms with Gasteiger partial charge in [-0.25, -0.2) is 0 Å². The number of likely N-dealkylation sites (tertiary alicyclic amines) is 1. The Morgan fingerprint density at radius 2 is 2.50 bits per heavy atom. The first-order valence-electron chi connectivity index (χ1n) is 5.09. The summed E-state index contributed by atoms with van der Waals surface area (Å²) < 4.78 is 0. The molecule has 78 valence electrons. The first kappa shape index (κ1) is 10.1. The van der Waals surface area contributed by atoms with E-state index in [4.69, 9.17) is 5.73 Å². The molecule has 14 heavy (non-hydrogen) atoms. The maximum Gasteiger partial charge on any atom is 0.0794 e. The number of hydrogen-bond acceptors (Lipinski definition) is 4. The molecule has 2 unspecified atom stereocenters. The molecule has 3 nitrogen and oxygen atoms in total. The highest BCUT2D eigenvalue weighted by Crippen LogP contribution is 2.18. The molecule has 1 aromatic heterocycles. The van der Waals surface area contributed by atoms with E-state index < -0.39 is 0 Å². The van der Waals surface area contributed by atoms with Crippen molar-refractivity contribution in [2.45, 2.75) is 25.9 Å². The second-order valence-electron chi connectivity index (χ2n) is 4.26. The molecule has 0 saturated carbocycles. The molecule has 0 bridgehead atoms. The highest BCUT2D eigenvalue weighted by atomic mass is 32.1. The van der Waals surface area contributed by atoms with Crippen molar-refractivity contribution in [2.24, 2.45) is 11.7 Å². The van der Waals surface area contributed by atoms with E-state index in [-0.39, 0.29) is 0 Å². The lowest BCUT2D eigenvalue weighted by Gasteiger charge is -2.34. The molecule has 0 amide bonds. The Morgan fingerprint density at radius 1 is 1.64 bits per heavy atom. The Balaban J connectivity index is 1.91. The van der Waals surface area contributed by atoms with E-state index in [9.17, 15) is 0 Å². The van der Waals surface area contributed by atoms with Gasteiger partial charge in [0.25, 0.3) is 0 Å². The van der Waals surface area contributed by atoms with Crippen LogP contribution < -0.4 is 5.73 Å². The van der Waals surface area contributed by atoms with Crippen molar-refractivity contribution in [2.75, 3.05) is 13.1 Å². The Hall–Kier alpha value is -0.450. The predicted molar refractivity (Wildman–Crippen MR) is 59.1 cm³/mol. The van der Waals surface area contributed by atoms with Crippen LogP contribution in [0.1, 0.15) is 18.2 Å². The molecule has 4 heteroatoms. The van der Waals surface area contributed by atoms with E-state index in [2.05, 4.69) is 16.8 Å². The van der Waals surface area contributed by atoms with Crippen LogP contribution in [0.3, 0.4) is 0 Å². The average molecular weight is 211 g/mol. The summed E-state index contributed by atoms with van der Waals surface area (Å²) in [4.78, 5) is 7.86. The van der Waals surface area contributed by atoms with Crippen LogP contribution in [-0.2, 0) is 6.54 Å². The van der Waals surface area contributed by atoms with Crippen LogP contribution in [0.15, 0.2) is 11.7 Å². The largest absolute Gasteiger partial charge is 0.327 e. The minimum absolute atomic E-state index is 0.353. The lowest BCUT2D eigenvalue weighted by molar-refractivity contribution is 0.159. The Labute approximate surface area is 88.9 Å². The lowest BCUT2D eigenvalue weighted by Crippen LogP contribution is -2.45. The summed E-state index contributed by atoms with van der Waals surface area (Å²) in [7, 11) is 0. The second kappa shape index (κ2) is 4.38. The molecular weight excluding hydrogens is 194 g/mol. The van der Waals surface area contributed by atoms with Crippen molar-refractivity contribution >= 4 is 11.3 Å². The standard InChI is InChI=1S/C10H17N3S/c1-8-2-9(11)5-13(4-8)6-10-3-12-7-14-10/h3,7-9H,2,4-6,11H2,1H3. The minimum Gasteiger partial charge on any atom is -0.327 e. The average Bonchev–Trinajstić information content (AvgIpc) is 2.54. The monoisotopic (exact) mass is 211 g/mol. The van der Waals surface area contributed by atoms with Gasteiger partial charge in [-0.1, -0.05) is 6.92 Å². The molecule has 1 aliphatic heterocycles. The van der Waals surface area contributed by atoms with Crippen LogP contribution in [0.25, 0.3) is 0 Å². The van der Waals surface area contributed by atoms with Gasteiger partial charge in [0.2, 0.25) is 0 Å². The van der Waals surface area contributed by atoms with E-state index in [1.807, 2.05) is 11.7 Å². The molecule has 1 aliphatic rings. The van der Waals surface area contributed by atoms with Crippen molar-refractivity contribution in [1.29, 1.82) is 0 Å². The molecule has 2 atom stereocenters. The third-order valence-electron chi connectivity index (χ3n) is 2.63. The van der Waals surface area contributed by atoms with Crippen LogP contribution in [-0.4, -0.2) is 29.0 Å². The van der Waals surface area contributed by atoms with Crippen molar-refractivity contribution in [3.8, 4) is 0 Å². The SMILES string of the molecule is CC1CC(N)CN(Cc2cncs2)C1. The summed E-state index contributed by atoms with van der Waals surface area (Å²) in [5.41, 5.74) is 7.88. The van der Waals surface area contributed by atoms with Crippen LogP contribution in [0, 0.1) is 5.92 Å². The highest BCUT2D eigenvalue weighted by Gasteiger charge is 2.22. The fourth-order valence-corrected chi connectivity index (χ4v) is 2.82. The van der Waals surface area contributed by atoms with Gasteiger partial charge in [0.15, 0.2) is 0 Å². The molecule has 1 fully saturated rings. The third-order valence-corrected chi connectivity index (χ3v) is 3.39. The van der Waals surface area contributed by atoms with Gasteiger partial charge < -0.3 is 5.73 Å². The van der Waals surface area contributed by atoms with Crippen molar-refractivity contribution < 1.29 is 0 Å². The van der Waals surface area contributed by atoms with E-state index in [1.54, 1.807) is 11.3 Å². The van der Waals surface area contributed by atoms with Crippen LogP contribution in [0.2, 0.25) is 0 Å². The summed E-state index contributed by atoms with van der Waals surface area (Å²) >= 11 is 1.73. The van der Waals surface area contributed by atoms with Gasteiger partial charge in [-0.3, -0.25) is 9.88 Å². The van der Waals surface area contributed by atoms with E-state index in [0.717, 1.165) is 19.0 Å². The minimum atomic E-state index is 0.353. The first-order valence-corrected chi connectivity index (χ1v) is 5.97. The molecule has 2 rings (SSSR count). The van der Waals surface area contributed by atoms with Crippen molar-refractivity contribution in [1.82, 2.24) is 9.88 Å². The number of nitrogens with zero attached hydrogens (tertiary/aromatic N) is 2. The van der Waals surface area contributed by atoms with Gasteiger partial charge in [0.1, 0.15) is 0 Å². The van der Waals surface area contributed by atoms with Crippen LogP contribution in [0.4, 0.5) is 0 Å². The molecule has 1 saturated heterocycles.